The number of benzene rings is 3. The van der Waals surface area contributed by atoms with E-state index in [1.165, 1.54) is 12.1 Å². The Kier molecular flexibility index (Phi) is 4.97. The van der Waals surface area contributed by atoms with Crippen LogP contribution in [0, 0.1) is 5.82 Å². The van der Waals surface area contributed by atoms with Crippen molar-refractivity contribution in [2.24, 2.45) is 0 Å². The lowest BCUT2D eigenvalue weighted by molar-refractivity contribution is 0.0473. The number of esters is 1. The lowest BCUT2D eigenvalue weighted by Gasteiger charge is -2.05. The fraction of sp³-hybridized carbons (Fsp3) is 0.0435. The lowest BCUT2D eigenvalue weighted by Crippen LogP contribution is -2.05. The van der Waals surface area contributed by atoms with E-state index in [9.17, 15) is 9.18 Å². The van der Waals surface area contributed by atoms with Crippen LogP contribution in [-0.4, -0.2) is 15.7 Å². The van der Waals surface area contributed by atoms with Crippen LogP contribution in [0.25, 0.3) is 16.9 Å². The van der Waals surface area contributed by atoms with Gasteiger partial charge in [0.2, 0.25) is 0 Å². The van der Waals surface area contributed by atoms with Crippen LogP contribution in [0.3, 0.4) is 0 Å². The zero-order valence-corrected chi connectivity index (χ0v) is 15.0. The molecule has 0 radical (unpaired) electrons. The van der Waals surface area contributed by atoms with E-state index in [4.69, 9.17) is 4.74 Å². The second-order valence-corrected chi connectivity index (χ2v) is 6.24. The Morgan fingerprint density at radius 1 is 0.893 bits per heavy atom. The van der Waals surface area contributed by atoms with Crippen molar-refractivity contribution >= 4 is 5.97 Å². The molecular formula is C23H17FN2O2. The van der Waals surface area contributed by atoms with Crippen LogP contribution < -0.4 is 0 Å². The molecule has 4 aromatic rings. The number of aromatic nitrogens is 2. The highest BCUT2D eigenvalue weighted by Crippen LogP contribution is 2.25. The lowest BCUT2D eigenvalue weighted by atomic mass is 10.1. The van der Waals surface area contributed by atoms with E-state index in [1.54, 1.807) is 23.0 Å². The summed E-state index contributed by atoms with van der Waals surface area (Å²) in [6.45, 7) is 0.166. The van der Waals surface area contributed by atoms with Crippen molar-refractivity contribution in [2.45, 2.75) is 6.61 Å². The van der Waals surface area contributed by atoms with Crippen molar-refractivity contribution in [2.75, 3.05) is 0 Å². The minimum Gasteiger partial charge on any atom is -0.457 e. The second-order valence-electron chi connectivity index (χ2n) is 6.24. The standard InChI is InChI=1S/C23H17FN2O2/c24-19-13-11-18(12-14-19)22-21(15-26(25-22)20-9-5-2-6-10-20)23(27)28-16-17-7-3-1-4-8-17/h1-15H,16H2. The number of carbonyl (C=O) groups is 1. The first kappa shape index (κ1) is 17.7. The predicted octanol–water partition coefficient (Wildman–Crippen LogP) is 5.04. The number of carbonyl (C=O) groups excluding carboxylic acids is 1. The highest BCUT2D eigenvalue weighted by molar-refractivity contribution is 5.96. The molecule has 0 bridgehead atoms. The Bertz CT molecular complexity index is 1070. The molecule has 0 spiro atoms. The Balaban J connectivity index is 1.68. The van der Waals surface area contributed by atoms with Gasteiger partial charge in [0.15, 0.2) is 0 Å². The first-order chi connectivity index (χ1) is 13.7. The fourth-order valence-corrected chi connectivity index (χ4v) is 2.86. The fourth-order valence-electron chi connectivity index (χ4n) is 2.86. The van der Waals surface area contributed by atoms with Crippen LogP contribution in [0.1, 0.15) is 15.9 Å². The molecule has 0 atom stereocenters. The van der Waals surface area contributed by atoms with Gasteiger partial charge in [-0.2, -0.15) is 5.10 Å². The third kappa shape index (κ3) is 3.83. The molecule has 0 N–H and O–H groups in total. The van der Waals surface area contributed by atoms with Gasteiger partial charge in [0.1, 0.15) is 23.7 Å². The summed E-state index contributed by atoms with van der Waals surface area (Å²) in [6.07, 6.45) is 1.64. The molecule has 3 aromatic carbocycles. The number of halogens is 1. The summed E-state index contributed by atoms with van der Waals surface area (Å²) in [5, 5.41) is 4.55. The minimum absolute atomic E-state index is 0.166. The number of hydrogen-bond donors (Lipinski definition) is 0. The van der Waals surface area contributed by atoms with Gasteiger partial charge in [-0.1, -0.05) is 48.5 Å². The average molecular weight is 372 g/mol. The topological polar surface area (TPSA) is 44.1 Å². The summed E-state index contributed by atoms with van der Waals surface area (Å²) in [5.74, 6) is -0.829. The molecule has 0 aliphatic rings. The maximum absolute atomic E-state index is 13.3. The van der Waals surface area contributed by atoms with Gasteiger partial charge < -0.3 is 4.74 Å². The highest BCUT2D eigenvalue weighted by atomic mass is 19.1. The molecule has 4 nitrogen and oxygen atoms in total. The molecule has 0 aliphatic carbocycles. The average Bonchev–Trinajstić information content (AvgIpc) is 3.19. The molecule has 1 aromatic heterocycles. The quantitative estimate of drug-likeness (QED) is 0.461. The van der Waals surface area contributed by atoms with Crippen molar-refractivity contribution in [3.05, 3.63) is 108 Å². The van der Waals surface area contributed by atoms with E-state index in [0.717, 1.165) is 11.3 Å². The molecule has 28 heavy (non-hydrogen) atoms. The smallest absolute Gasteiger partial charge is 0.342 e. The molecule has 4 rings (SSSR count). The van der Waals surface area contributed by atoms with Gasteiger partial charge in [-0.05, 0) is 42.0 Å². The minimum atomic E-state index is -0.481. The zero-order chi connectivity index (χ0) is 19.3. The molecule has 0 saturated carbocycles. The van der Waals surface area contributed by atoms with E-state index in [-0.39, 0.29) is 12.4 Å². The Morgan fingerprint density at radius 3 is 2.21 bits per heavy atom. The summed E-state index contributed by atoms with van der Waals surface area (Å²) in [7, 11) is 0. The Labute approximate surface area is 161 Å². The van der Waals surface area contributed by atoms with Crippen molar-refractivity contribution in [1.82, 2.24) is 9.78 Å². The van der Waals surface area contributed by atoms with Gasteiger partial charge in [-0.15, -0.1) is 0 Å². The molecule has 0 fully saturated rings. The van der Waals surface area contributed by atoms with Crippen molar-refractivity contribution in [3.8, 4) is 16.9 Å². The molecule has 0 amide bonds. The van der Waals surface area contributed by atoms with Crippen LogP contribution in [0.15, 0.2) is 91.1 Å². The summed E-state index contributed by atoms with van der Waals surface area (Å²) in [6, 6.07) is 24.8. The SMILES string of the molecule is O=C(OCc1ccccc1)c1cn(-c2ccccc2)nc1-c1ccc(F)cc1. The summed E-state index contributed by atoms with van der Waals surface area (Å²) in [4.78, 5) is 12.8. The maximum Gasteiger partial charge on any atom is 0.342 e. The highest BCUT2D eigenvalue weighted by Gasteiger charge is 2.20. The van der Waals surface area contributed by atoms with Gasteiger partial charge >= 0.3 is 5.97 Å². The van der Waals surface area contributed by atoms with Crippen LogP contribution in [0.4, 0.5) is 4.39 Å². The molecule has 0 unspecified atom stereocenters. The summed E-state index contributed by atoms with van der Waals surface area (Å²) < 4.78 is 20.4. The second kappa shape index (κ2) is 7.88. The molecule has 0 aliphatic heterocycles. The van der Waals surface area contributed by atoms with Gasteiger partial charge in [0, 0.05) is 11.8 Å². The number of para-hydroxylation sites is 1. The van der Waals surface area contributed by atoms with Crippen LogP contribution in [0.5, 0.6) is 0 Å². The maximum atomic E-state index is 13.3. The molecular weight excluding hydrogens is 355 g/mol. The third-order valence-electron chi connectivity index (χ3n) is 4.29. The van der Waals surface area contributed by atoms with Crippen LogP contribution in [-0.2, 0) is 11.3 Å². The summed E-state index contributed by atoms with van der Waals surface area (Å²) in [5.41, 5.74) is 3.12. The van der Waals surface area contributed by atoms with E-state index >= 15 is 0 Å². The van der Waals surface area contributed by atoms with Gasteiger partial charge in [0.05, 0.1) is 5.69 Å². The monoisotopic (exact) mass is 372 g/mol. The van der Waals surface area contributed by atoms with E-state index in [1.807, 2.05) is 60.7 Å². The van der Waals surface area contributed by atoms with E-state index in [2.05, 4.69) is 5.10 Å². The number of rotatable bonds is 5. The zero-order valence-electron chi connectivity index (χ0n) is 15.0. The van der Waals surface area contributed by atoms with Crippen LogP contribution >= 0.6 is 0 Å². The molecule has 0 saturated heterocycles. The third-order valence-corrected chi connectivity index (χ3v) is 4.29. The van der Waals surface area contributed by atoms with Crippen molar-refractivity contribution in [1.29, 1.82) is 0 Å². The first-order valence-corrected chi connectivity index (χ1v) is 8.83. The number of hydrogen-bond acceptors (Lipinski definition) is 3. The molecule has 1 heterocycles. The van der Waals surface area contributed by atoms with Gasteiger partial charge in [0.25, 0.3) is 0 Å². The number of nitrogens with zero attached hydrogens (tertiary/aromatic N) is 2. The largest absolute Gasteiger partial charge is 0.457 e. The first-order valence-electron chi connectivity index (χ1n) is 8.83. The van der Waals surface area contributed by atoms with Crippen molar-refractivity contribution in [3.63, 3.8) is 0 Å². The number of ether oxygens (including phenoxy) is 1. The predicted molar refractivity (Wildman–Crippen MR) is 105 cm³/mol. The Morgan fingerprint density at radius 2 is 1.54 bits per heavy atom. The van der Waals surface area contributed by atoms with Gasteiger partial charge in [-0.25, -0.2) is 13.9 Å². The van der Waals surface area contributed by atoms with E-state index in [0.29, 0.717) is 16.8 Å². The normalized spacial score (nSPS) is 10.6. The van der Waals surface area contributed by atoms with Gasteiger partial charge in [-0.3, -0.25) is 0 Å². The van der Waals surface area contributed by atoms with Crippen LogP contribution in [0.2, 0.25) is 0 Å². The molecule has 138 valence electrons. The van der Waals surface area contributed by atoms with E-state index < -0.39 is 5.97 Å². The molecule has 5 heteroatoms. The summed E-state index contributed by atoms with van der Waals surface area (Å²) >= 11 is 0. The van der Waals surface area contributed by atoms with Crippen molar-refractivity contribution < 1.29 is 13.9 Å². The Hall–Kier alpha value is -3.73.